The molecule has 0 bridgehead atoms. The number of carbonyl (C=O) groups is 2. The van der Waals surface area contributed by atoms with Crippen LogP contribution in [0.15, 0.2) is 5.10 Å². The van der Waals surface area contributed by atoms with Gasteiger partial charge in [-0.25, -0.2) is 15.0 Å². The van der Waals surface area contributed by atoms with E-state index in [9.17, 15) is 9.59 Å². The van der Waals surface area contributed by atoms with E-state index in [0.717, 1.165) is 0 Å². The van der Waals surface area contributed by atoms with Crippen LogP contribution in [-0.2, 0) is 14.3 Å². The number of esters is 1. The molecule has 0 saturated carbocycles. The second-order valence-electron chi connectivity index (χ2n) is 4.10. The number of rotatable bonds is 4. The molecule has 0 heterocycles. The van der Waals surface area contributed by atoms with Crippen LogP contribution in [0.4, 0.5) is 4.79 Å². The van der Waals surface area contributed by atoms with Crippen LogP contribution in [0, 0.1) is 0 Å². The first-order valence-corrected chi connectivity index (χ1v) is 5.23. The predicted octanol–water partition coefficient (Wildman–Crippen LogP) is 0.389. The summed E-state index contributed by atoms with van der Waals surface area (Å²) in [4.78, 5) is 22.5. The molecular weight excluding hydrogens is 226 g/mol. The van der Waals surface area contributed by atoms with Gasteiger partial charge in [0.15, 0.2) is 5.71 Å². The number of hydrogen-bond acceptors (Lipinski definition) is 6. The van der Waals surface area contributed by atoms with Crippen molar-refractivity contribution in [2.75, 3.05) is 13.2 Å². The van der Waals surface area contributed by atoms with E-state index in [-0.39, 0.29) is 18.9 Å². The zero-order valence-corrected chi connectivity index (χ0v) is 10.6. The summed E-state index contributed by atoms with van der Waals surface area (Å²) in [6, 6.07) is 0. The van der Waals surface area contributed by atoms with Gasteiger partial charge in [-0.1, -0.05) is 0 Å². The van der Waals surface area contributed by atoms with E-state index in [1.807, 2.05) is 0 Å². The van der Waals surface area contributed by atoms with Gasteiger partial charge in [-0.15, -0.1) is 0 Å². The average molecular weight is 245 g/mol. The number of nitrogens with zero attached hydrogens (tertiary/aromatic N) is 1. The molecule has 7 heteroatoms. The van der Waals surface area contributed by atoms with Crippen molar-refractivity contribution in [3.8, 4) is 0 Å². The maximum Gasteiger partial charge on any atom is 0.428 e. The molecule has 98 valence electrons. The molecule has 0 saturated heterocycles. The Bertz CT molecular complexity index is 307. The first-order chi connectivity index (χ1) is 7.80. The van der Waals surface area contributed by atoms with E-state index >= 15 is 0 Å². The fourth-order valence-electron chi connectivity index (χ4n) is 0.803. The van der Waals surface area contributed by atoms with E-state index in [4.69, 9.17) is 10.5 Å². The van der Waals surface area contributed by atoms with Gasteiger partial charge in [-0.05, 0) is 27.7 Å². The van der Waals surface area contributed by atoms with Crippen LogP contribution in [-0.4, -0.2) is 36.5 Å². The topological polar surface area (TPSA) is 103 Å². The summed E-state index contributed by atoms with van der Waals surface area (Å²) in [6.07, 6.45) is -0.757. The lowest BCUT2D eigenvalue weighted by Crippen LogP contribution is -2.33. The van der Waals surface area contributed by atoms with Crippen molar-refractivity contribution in [2.24, 2.45) is 10.8 Å². The van der Waals surface area contributed by atoms with Crippen LogP contribution in [0.3, 0.4) is 0 Å². The van der Waals surface area contributed by atoms with Crippen molar-refractivity contribution in [1.82, 2.24) is 5.43 Å². The quantitative estimate of drug-likeness (QED) is 0.423. The molecule has 0 atom stereocenters. The summed E-state index contributed by atoms with van der Waals surface area (Å²) in [5, 5.41) is 3.54. The van der Waals surface area contributed by atoms with Gasteiger partial charge in [0.25, 0.3) is 0 Å². The Labute approximate surface area is 100 Å². The third-order valence-corrected chi connectivity index (χ3v) is 1.39. The minimum Gasteiger partial charge on any atom is -0.461 e. The molecule has 3 N–H and O–H groups in total. The third-order valence-electron chi connectivity index (χ3n) is 1.39. The number of amides is 1. The third kappa shape index (κ3) is 7.29. The Morgan fingerprint density at radius 3 is 2.35 bits per heavy atom. The van der Waals surface area contributed by atoms with Crippen molar-refractivity contribution in [2.45, 2.75) is 33.3 Å². The molecule has 0 aliphatic rings. The Morgan fingerprint density at radius 1 is 1.35 bits per heavy atom. The number of carbonyl (C=O) groups excluding carboxylic acids is 2. The van der Waals surface area contributed by atoms with Crippen LogP contribution in [0.25, 0.3) is 0 Å². The van der Waals surface area contributed by atoms with Crippen molar-refractivity contribution in [3.63, 3.8) is 0 Å². The first kappa shape index (κ1) is 15.4. The molecule has 0 unspecified atom stereocenters. The van der Waals surface area contributed by atoms with Crippen LogP contribution < -0.4 is 11.2 Å². The van der Waals surface area contributed by atoms with Crippen molar-refractivity contribution >= 4 is 17.8 Å². The highest BCUT2D eigenvalue weighted by atomic mass is 16.6. The van der Waals surface area contributed by atoms with Crippen LogP contribution >= 0.6 is 0 Å². The summed E-state index contributed by atoms with van der Waals surface area (Å²) < 4.78 is 9.61. The summed E-state index contributed by atoms with van der Waals surface area (Å²) in [5.41, 5.74) is 6.67. The maximum atomic E-state index is 11.2. The van der Waals surface area contributed by atoms with Gasteiger partial charge >= 0.3 is 12.1 Å². The van der Waals surface area contributed by atoms with E-state index in [0.29, 0.717) is 0 Å². The lowest BCUT2D eigenvalue weighted by atomic mass is 10.2. The molecule has 0 spiro atoms. The molecule has 0 aromatic heterocycles. The zero-order valence-electron chi connectivity index (χ0n) is 10.6. The SMILES string of the molecule is CCOC(=O)/C(CN)=N/NC(=O)OC(C)(C)C. The first-order valence-electron chi connectivity index (χ1n) is 5.23. The second kappa shape index (κ2) is 6.85. The highest BCUT2D eigenvalue weighted by Gasteiger charge is 2.17. The van der Waals surface area contributed by atoms with Gasteiger partial charge in [-0.3, -0.25) is 0 Å². The van der Waals surface area contributed by atoms with E-state index in [1.54, 1.807) is 27.7 Å². The zero-order chi connectivity index (χ0) is 13.5. The highest BCUT2D eigenvalue weighted by Crippen LogP contribution is 2.06. The second-order valence-corrected chi connectivity index (χ2v) is 4.10. The van der Waals surface area contributed by atoms with Gasteiger partial charge in [0.2, 0.25) is 0 Å². The summed E-state index contributed by atoms with van der Waals surface area (Å²) >= 11 is 0. The fourth-order valence-corrected chi connectivity index (χ4v) is 0.803. The fraction of sp³-hybridized carbons (Fsp3) is 0.700. The molecule has 0 aromatic carbocycles. The Hall–Kier alpha value is -1.63. The van der Waals surface area contributed by atoms with Crippen LogP contribution in [0.5, 0.6) is 0 Å². The number of hydrazone groups is 1. The van der Waals surface area contributed by atoms with Gasteiger partial charge < -0.3 is 15.2 Å². The molecule has 0 rings (SSSR count). The molecule has 0 aliphatic carbocycles. The van der Waals surface area contributed by atoms with E-state index in [1.165, 1.54) is 0 Å². The minimum atomic E-state index is -0.757. The lowest BCUT2D eigenvalue weighted by Gasteiger charge is -2.18. The molecule has 17 heavy (non-hydrogen) atoms. The summed E-state index contributed by atoms with van der Waals surface area (Å²) in [7, 11) is 0. The van der Waals surface area contributed by atoms with Gasteiger partial charge in [0, 0.05) is 6.54 Å². The molecule has 0 aliphatic heterocycles. The standard InChI is InChI=1S/C10H19N3O4/c1-5-16-8(14)7(6-11)12-13-9(15)17-10(2,3)4/h5-6,11H2,1-4H3,(H,13,15)/b12-7+. The number of ether oxygens (including phenoxy) is 2. The molecule has 0 radical (unpaired) electrons. The normalized spacial score (nSPS) is 11.9. The van der Waals surface area contributed by atoms with E-state index in [2.05, 4.69) is 15.3 Å². The number of hydrogen-bond donors (Lipinski definition) is 2. The summed E-state index contributed by atoms with van der Waals surface area (Å²) in [6.45, 7) is 6.88. The van der Waals surface area contributed by atoms with Crippen molar-refractivity contribution < 1.29 is 19.1 Å². The average Bonchev–Trinajstić information content (AvgIpc) is 2.16. The monoisotopic (exact) mass is 245 g/mol. The molecular formula is C10H19N3O4. The molecule has 1 amide bonds. The largest absolute Gasteiger partial charge is 0.461 e. The minimum absolute atomic E-state index is 0.0716. The maximum absolute atomic E-state index is 11.2. The van der Waals surface area contributed by atoms with Gasteiger partial charge in [0.05, 0.1) is 6.61 Å². The Balaban J connectivity index is 4.37. The van der Waals surface area contributed by atoms with Crippen LogP contribution in [0.2, 0.25) is 0 Å². The van der Waals surface area contributed by atoms with Crippen molar-refractivity contribution in [1.29, 1.82) is 0 Å². The predicted molar refractivity (Wildman–Crippen MR) is 62.5 cm³/mol. The van der Waals surface area contributed by atoms with E-state index < -0.39 is 17.7 Å². The lowest BCUT2D eigenvalue weighted by molar-refractivity contribution is -0.135. The van der Waals surface area contributed by atoms with Crippen molar-refractivity contribution in [3.05, 3.63) is 0 Å². The Morgan fingerprint density at radius 2 is 1.94 bits per heavy atom. The van der Waals surface area contributed by atoms with Gasteiger partial charge in [0.1, 0.15) is 5.60 Å². The number of nitrogens with one attached hydrogen (secondary N) is 1. The highest BCUT2D eigenvalue weighted by molar-refractivity contribution is 6.37. The molecule has 0 fully saturated rings. The number of nitrogens with two attached hydrogens (primary N) is 1. The van der Waals surface area contributed by atoms with Gasteiger partial charge in [-0.2, -0.15) is 5.10 Å². The Kier molecular flexibility index (Phi) is 6.19. The van der Waals surface area contributed by atoms with Crippen LogP contribution in [0.1, 0.15) is 27.7 Å². The molecule has 0 aromatic rings. The summed E-state index contributed by atoms with van der Waals surface area (Å²) in [5.74, 6) is -0.661. The molecule has 7 nitrogen and oxygen atoms in total. The smallest absolute Gasteiger partial charge is 0.428 e.